The van der Waals surface area contributed by atoms with Crippen molar-refractivity contribution >= 4 is 75.4 Å². The molecule has 13 rings (SSSR count). The summed E-state index contributed by atoms with van der Waals surface area (Å²) >= 11 is 1.83. The summed E-state index contributed by atoms with van der Waals surface area (Å²) in [7, 11) is 0. The normalized spacial score (nSPS) is 11.8. The molecule has 63 heavy (non-hydrogen) atoms. The fourth-order valence-electron chi connectivity index (χ4n) is 9.11. The Morgan fingerprint density at radius 1 is 0.365 bits per heavy atom. The highest BCUT2D eigenvalue weighted by atomic mass is 32.1. The van der Waals surface area contributed by atoms with Gasteiger partial charge in [0, 0.05) is 87.5 Å². The molecule has 0 aliphatic carbocycles. The van der Waals surface area contributed by atoms with Gasteiger partial charge in [0.25, 0.3) is 0 Å². The number of furan rings is 2. The summed E-state index contributed by atoms with van der Waals surface area (Å²) in [5, 5.41) is 6.83. The van der Waals surface area contributed by atoms with E-state index >= 15 is 0 Å². The van der Waals surface area contributed by atoms with Crippen molar-refractivity contribution in [2.24, 2.45) is 0 Å². The second kappa shape index (κ2) is 14.2. The van der Waals surface area contributed by atoms with E-state index in [1.165, 1.54) is 25.7 Å². The van der Waals surface area contributed by atoms with Crippen LogP contribution < -0.4 is 0 Å². The number of aromatic nitrogens is 4. The molecule has 0 saturated heterocycles. The zero-order valence-electron chi connectivity index (χ0n) is 33.5. The van der Waals surface area contributed by atoms with Crippen LogP contribution in [0.3, 0.4) is 0 Å². The molecule has 0 radical (unpaired) electrons. The molecule has 5 aromatic heterocycles. The van der Waals surface area contributed by atoms with Crippen molar-refractivity contribution in [3.8, 4) is 67.5 Å². The van der Waals surface area contributed by atoms with E-state index in [4.69, 9.17) is 23.8 Å². The Hall–Kier alpha value is -8.26. The standard InChI is InChI=1S/C56H32N4O2S/c1-2-15-45(37(12-1)36-11-10-30-57-32-36)56-59-54(58-55(60-56)35-26-27-40-39-13-3-6-19-47(39)61-49(40)31-35)34-24-22-33(23-25-34)38-28-29-42(52-51(38)46-16-4-7-20-48(46)62-52)44-18-9-17-43-41-14-5-8-21-50(41)63-53(43)44/h1-32H. The molecule has 7 heteroatoms. The number of pyridine rings is 1. The van der Waals surface area contributed by atoms with Gasteiger partial charge in [-0.25, -0.2) is 15.0 Å². The van der Waals surface area contributed by atoms with Gasteiger partial charge in [0.2, 0.25) is 0 Å². The first-order valence-electron chi connectivity index (χ1n) is 20.9. The quantitative estimate of drug-likeness (QED) is 0.166. The Balaban J connectivity index is 0.959. The molecule has 0 atom stereocenters. The number of rotatable bonds is 6. The Labute approximate surface area is 364 Å². The fraction of sp³-hybridized carbons (Fsp3) is 0. The van der Waals surface area contributed by atoms with Gasteiger partial charge in [-0.1, -0.05) is 140 Å². The highest BCUT2D eigenvalue weighted by molar-refractivity contribution is 7.26. The minimum absolute atomic E-state index is 0.554. The van der Waals surface area contributed by atoms with E-state index in [1.54, 1.807) is 6.20 Å². The summed E-state index contributed by atoms with van der Waals surface area (Å²) in [5.74, 6) is 1.69. The number of hydrogen-bond acceptors (Lipinski definition) is 7. The molecule has 294 valence electrons. The maximum Gasteiger partial charge on any atom is 0.164 e. The van der Waals surface area contributed by atoms with Crippen molar-refractivity contribution in [2.45, 2.75) is 0 Å². The summed E-state index contributed by atoms with van der Waals surface area (Å²) in [4.78, 5) is 19.9. The van der Waals surface area contributed by atoms with Crippen molar-refractivity contribution in [1.29, 1.82) is 0 Å². The van der Waals surface area contributed by atoms with E-state index in [0.29, 0.717) is 17.5 Å². The highest BCUT2D eigenvalue weighted by Gasteiger charge is 2.21. The Kier molecular flexibility index (Phi) is 7.98. The van der Waals surface area contributed by atoms with Gasteiger partial charge in [0.05, 0.1) is 0 Å². The van der Waals surface area contributed by atoms with Crippen LogP contribution in [0.15, 0.2) is 203 Å². The van der Waals surface area contributed by atoms with E-state index < -0.39 is 0 Å². The zero-order valence-corrected chi connectivity index (χ0v) is 34.3. The number of fused-ring (bicyclic) bond motifs is 9. The van der Waals surface area contributed by atoms with Crippen LogP contribution in [-0.4, -0.2) is 19.9 Å². The number of hydrogen-bond donors (Lipinski definition) is 0. The maximum absolute atomic E-state index is 6.78. The van der Waals surface area contributed by atoms with Crippen LogP contribution in [0, 0.1) is 0 Å². The molecular formula is C56H32N4O2S. The van der Waals surface area contributed by atoms with Crippen LogP contribution in [0.25, 0.3) is 132 Å². The van der Waals surface area contributed by atoms with Crippen LogP contribution in [0.1, 0.15) is 0 Å². The van der Waals surface area contributed by atoms with E-state index in [2.05, 4.69) is 138 Å². The van der Waals surface area contributed by atoms with Gasteiger partial charge in [-0.2, -0.15) is 0 Å². The van der Waals surface area contributed by atoms with Crippen LogP contribution >= 0.6 is 11.3 Å². The van der Waals surface area contributed by atoms with E-state index in [9.17, 15) is 0 Å². The minimum Gasteiger partial charge on any atom is -0.456 e. The largest absolute Gasteiger partial charge is 0.456 e. The number of thiophene rings is 1. The number of benzene rings is 8. The first kappa shape index (κ1) is 35.5. The average molecular weight is 825 g/mol. The van der Waals surface area contributed by atoms with Gasteiger partial charge in [-0.3, -0.25) is 4.98 Å². The summed E-state index contributed by atoms with van der Waals surface area (Å²) in [6, 6.07) is 63.0. The second-order valence-corrected chi connectivity index (χ2v) is 16.8. The Morgan fingerprint density at radius 2 is 1.00 bits per heavy atom. The zero-order chi connectivity index (χ0) is 41.4. The van der Waals surface area contributed by atoms with Crippen molar-refractivity contribution < 1.29 is 8.83 Å². The molecule has 0 unspecified atom stereocenters. The summed E-state index contributed by atoms with van der Waals surface area (Å²) < 4.78 is 15.6. The van der Waals surface area contributed by atoms with Crippen molar-refractivity contribution in [1.82, 2.24) is 19.9 Å². The Morgan fingerprint density at radius 3 is 1.84 bits per heavy atom. The molecule has 6 nitrogen and oxygen atoms in total. The number of nitrogens with zero attached hydrogens (tertiary/aromatic N) is 4. The topological polar surface area (TPSA) is 77.8 Å². The SMILES string of the molecule is c1cncc(-c2ccccc2-c2nc(-c3ccc(-c4ccc(-c5cccc6c5sc5ccccc56)c5oc6ccccc6c45)cc3)nc(-c3ccc4c(c3)oc3ccccc34)n2)c1. The minimum atomic E-state index is 0.554. The van der Waals surface area contributed by atoms with E-state index in [0.717, 1.165) is 88.4 Å². The van der Waals surface area contributed by atoms with Crippen LogP contribution in [0.2, 0.25) is 0 Å². The van der Waals surface area contributed by atoms with Crippen LogP contribution in [0.5, 0.6) is 0 Å². The number of para-hydroxylation sites is 2. The van der Waals surface area contributed by atoms with E-state index in [-0.39, 0.29) is 0 Å². The molecule has 8 aromatic carbocycles. The van der Waals surface area contributed by atoms with Gasteiger partial charge >= 0.3 is 0 Å². The molecule has 0 bridgehead atoms. The molecule has 13 aromatic rings. The summed E-state index contributed by atoms with van der Waals surface area (Å²) in [6.07, 6.45) is 3.65. The molecule has 0 aliphatic heterocycles. The lowest BCUT2D eigenvalue weighted by atomic mass is 9.93. The van der Waals surface area contributed by atoms with Crippen molar-refractivity contribution in [3.63, 3.8) is 0 Å². The van der Waals surface area contributed by atoms with Gasteiger partial charge in [-0.05, 0) is 59.2 Å². The van der Waals surface area contributed by atoms with Gasteiger partial charge < -0.3 is 8.83 Å². The van der Waals surface area contributed by atoms with Gasteiger partial charge in [0.1, 0.15) is 22.3 Å². The van der Waals surface area contributed by atoms with Crippen molar-refractivity contribution in [2.75, 3.05) is 0 Å². The first-order valence-corrected chi connectivity index (χ1v) is 21.7. The van der Waals surface area contributed by atoms with Gasteiger partial charge in [-0.15, -0.1) is 11.3 Å². The lowest BCUT2D eigenvalue weighted by molar-refractivity contribution is 0.669. The molecule has 0 N–H and O–H groups in total. The molecule has 5 heterocycles. The molecule has 0 aliphatic rings. The lowest BCUT2D eigenvalue weighted by Crippen LogP contribution is -2.01. The van der Waals surface area contributed by atoms with E-state index in [1.807, 2.05) is 66.1 Å². The third kappa shape index (κ3) is 5.78. The third-order valence-corrected chi connectivity index (χ3v) is 13.3. The van der Waals surface area contributed by atoms with Crippen LogP contribution in [0.4, 0.5) is 0 Å². The molecule has 0 amide bonds. The Bertz CT molecular complexity index is 3920. The predicted molar refractivity (Wildman–Crippen MR) is 258 cm³/mol. The predicted octanol–water partition coefficient (Wildman–Crippen LogP) is 15.4. The monoisotopic (exact) mass is 824 g/mol. The molecule has 0 fully saturated rings. The maximum atomic E-state index is 6.78. The first-order chi connectivity index (χ1) is 31.2. The molecule has 0 spiro atoms. The van der Waals surface area contributed by atoms with Gasteiger partial charge in [0.15, 0.2) is 17.5 Å². The summed E-state index contributed by atoms with van der Waals surface area (Å²) in [5.41, 5.74) is 12.3. The smallest absolute Gasteiger partial charge is 0.164 e. The third-order valence-electron chi connectivity index (χ3n) is 12.1. The van der Waals surface area contributed by atoms with Crippen molar-refractivity contribution in [3.05, 3.63) is 194 Å². The fourth-order valence-corrected chi connectivity index (χ4v) is 10.3. The molecular weight excluding hydrogens is 793 g/mol. The second-order valence-electron chi connectivity index (χ2n) is 15.7. The average Bonchev–Trinajstić information content (AvgIpc) is 4.06. The lowest BCUT2D eigenvalue weighted by Gasteiger charge is -2.12. The highest BCUT2D eigenvalue weighted by Crippen LogP contribution is 2.46. The molecule has 0 saturated carbocycles. The van der Waals surface area contributed by atoms with Crippen LogP contribution in [-0.2, 0) is 0 Å². The summed E-state index contributed by atoms with van der Waals surface area (Å²) in [6.45, 7) is 0.